The van der Waals surface area contributed by atoms with Gasteiger partial charge in [0, 0.05) is 5.88 Å². The number of alkyl halides is 1. The Morgan fingerprint density at radius 1 is 1.13 bits per heavy atom. The highest BCUT2D eigenvalue weighted by molar-refractivity contribution is 6.18. The van der Waals surface area contributed by atoms with E-state index >= 15 is 0 Å². The third-order valence-corrected chi connectivity index (χ3v) is 1.92. The maximum absolute atomic E-state index is 5.52. The molecule has 0 atom stereocenters. The first-order valence-corrected chi connectivity index (χ1v) is 5.47. The maximum Gasteiger partial charge on any atom is 0.161 e. The first-order chi connectivity index (χ1) is 7.38. The van der Waals surface area contributed by atoms with E-state index in [1.54, 1.807) is 0 Å². The van der Waals surface area contributed by atoms with Crippen molar-refractivity contribution in [2.45, 2.75) is 6.92 Å². The fourth-order valence-corrected chi connectivity index (χ4v) is 1.24. The van der Waals surface area contributed by atoms with E-state index in [1.807, 2.05) is 43.3 Å². The minimum Gasteiger partial charge on any atom is -0.490 e. The summed E-state index contributed by atoms with van der Waals surface area (Å²) >= 11 is 5.50. The van der Waals surface area contributed by atoms with Crippen LogP contribution in [0.5, 0.6) is 11.5 Å². The number of halogens is 1. The lowest BCUT2D eigenvalue weighted by Crippen LogP contribution is -1.98. The van der Waals surface area contributed by atoms with Crippen molar-refractivity contribution in [3.8, 4) is 11.5 Å². The van der Waals surface area contributed by atoms with Crippen LogP contribution in [-0.2, 0) is 0 Å². The quantitative estimate of drug-likeness (QED) is 0.548. The van der Waals surface area contributed by atoms with Crippen molar-refractivity contribution in [2.24, 2.45) is 0 Å². The van der Waals surface area contributed by atoms with Crippen molar-refractivity contribution >= 4 is 11.6 Å². The Morgan fingerprint density at radius 2 is 1.80 bits per heavy atom. The SMILES string of the molecule is CCOc1ccccc1OCC=CCCl. The van der Waals surface area contributed by atoms with Crippen LogP contribution < -0.4 is 9.47 Å². The van der Waals surface area contributed by atoms with Crippen molar-refractivity contribution in [3.63, 3.8) is 0 Å². The molecule has 0 saturated heterocycles. The van der Waals surface area contributed by atoms with Crippen LogP contribution in [0.1, 0.15) is 6.92 Å². The van der Waals surface area contributed by atoms with Gasteiger partial charge in [-0.3, -0.25) is 0 Å². The highest BCUT2D eigenvalue weighted by Gasteiger charge is 2.01. The van der Waals surface area contributed by atoms with E-state index in [9.17, 15) is 0 Å². The van der Waals surface area contributed by atoms with E-state index < -0.39 is 0 Å². The first-order valence-electron chi connectivity index (χ1n) is 4.94. The molecule has 0 aliphatic heterocycles. The number of ether oxygens (including phenoxy) is 2. The summed E-state index contributed by atoms with van der Waals surface area (Å²) in [6.45, 7) is 3.10. The minimum absolute atomic E-state index is 0.510. The standard InChI is InChI=1S/C12H15ClO2/c1-2-14-11-7-3-4-8-12(11)15-10-6-5-9-13/h3-8H,2,9-10H2,1H3. The molecule has 0 aromatic heterocycles. The van der Waals surface area contributed by atoms with Crippen molar-refractivity contribution in [1.82, 2.24) is 0 Å². The first kappa shape index (κ1) is 11.9. The third kappa shape index (κ3) is 4.26. The summed E-state index contributed by atoms with van der Waals surface area (Å²) < 4.78 is 10.9. The molecule has 1 aromatic rings. The molecule has 0 heterocycles. The van der Waals surface area contributed by atoms with Crippen molar-refractivity contribution in [3.05, 3.63) is 36.4 Å². The number of benzene rings is 1. The van der Waals surface area contributed by atoms with Crippen LogP contribution in [0.3, 0.4) is 0 Å². The van der Waals surface area contributed by atoms with E-state index in [-0.39, 0.29) is 0 Å². The summed E-state index contributed by atoms with van der Waals surface area (Å²) in [5.41, 5.74) is 0. The molecule has 0 aliphatic rings. The van der Waals surface area contributed by atoms with Gasteiger partial charge in [-0.2, -0.15) is 0 Å². The zero-order valence-corrected chi connectivity index (χ0v) is 9.54. The molecule has 0 spiro atoms. The molecule has 0 saturated carbocycles. The van der Waals surface area contributed by atoms with E-state index in [0.29, 0.717) is 19.1 Å². The summed E-state index contributed by atoms with van der Waals surface area (Å²) in [6, 6.07) is 7.62. The molecule has 2 nitrogen and oxygen atoms in total. The van der Waals surface area contributed by atoms with Crippen LogP contribution in [0, 0.1) is 0 Å². The van der Waals surface area contributed by atoms with Crippen molar-refractivity contribution in [1.29, 1.82) is 0 Å². The Kier molecular flexibility index (Phi) is 5.71. The van der Waals surface area contributed by atoms with Crippen LogP contribution in [0.4, 0.5) is 0 Å². The Balaban J connectivity index is 2.55. The highest BCUT2D eigenvalue weighted by Crippen LogP contribution is 2.26. The van der Waals surface area contributed by atoms with Gasteiger partial charge in [0.2, 0.25) is 0 Å². The largest absolute Gasteiger partial charge is 0.490 e. The molecule has 0 amide bonds. The Morgan fingerprint density at radius 3 is 2.40 bits per heavy atom. The van der Waals surface area contributed by atoms with Gasteiger partial charge in [-0.1, -0.05) is 24.3 Å². The lowest BCUT2D eigenvalue weighted by atomic mass is 10.3. The average Bonchev–Trinajstić information content (AvgIpc) is 2.27. The van der Waals surface area contributed by atoms with Gasteiger partial charge in [-0.05, 0) is 19.1 Å². The van der Waals surface area contributed by atoms with Gasteiger partial charge < -0.3 is 9.47 Å². The van der Waals surface area contributed by atoms with Crippen molar-refractivity contribution < 1.29 is 9.47 Å². The van der Waals surface area contributed by atoms with Crippen LogP contribution in [0.25, 0.3) is 0 Å². The third-order valence-electron chi connectivity index (χ3n) is 1.74. The van der Waals surface area contributed by atoms with Gasteiger partial charge in [0.15, 0.2) is 11.5 Å². The molecular weight excluding hydrogens is 212 g/mol. The van der Waals surface area contributed by atoms with Gasteiger partial charge in [-0.15, -0.1) is 11.6 Å². The van der Waals surface area contributed by atoms with Gasteiger partial charge in [0.25, 0.3) is 0 Å². The summed E-state index contributed by atoms with van der Waals surface area (Å²) in [7, 11) is 0. The predicted octanol–water partition coefficient (Wildman–Crippen LogP) is 3.26. The molecular formula is C12H15ClO2. The fraction of sp³-hybridized carbons (Fsp3) is 0.333. The minimum atomic E-state index is 0.510. The second-order valence-electron chi connectivity index (χ2n) is 2.82. The van der Waals surface area contributed by atoms with E-state index in [1.165, 1.54) is 0 Å². The van der Waals surface area contributed by atoms with Crippen LogP contribution in [0.2, 0.25) is 0 Å². The number of hydrogen-bond donors (Lipinski definition) is 0. The lowest BCUT2D eigenvalue weighted by Gasteiger charge is -2.09. The summed E-state index contributed by atoms with van der Waals surface area (Å²) in [6.07, 6.45) is 3.74. The highest BCUT2D eigenvalue weighted by atomic mass is 35.5. The summed E-state index contributed by atoms with van der Waals surface area (Å²) in [4.78, 5) is 0. The molecule has 1 aromatic carbocycles. The number of hydrogen-bond acceptors (Lipinski definition) is 2. The van der Waals surface area contributed by atoms with E-state index in [4.69, 9.17) is 21.1 Å². The molecule has 0 radical (unpaired) electrons. The zero-order valence-electron chi connectivity index (χ0n) is 8.78. The van der Waals surface area contributed by atoms with Crippen molar-refractivity contribution in [2.75, 3.05) is 19.1 Å². The normalized spacial score (nSPS) is 10.5. The molecule has 82 valence electrons. The van der Waals surface area contributed by atoms with Crippen LogP contribution in [-0.4, -0.2) is 19.1 Å². The summed E-state index contributed by atoms with van der Waals surface area (Å²) in [5, 5.41) is 0. The molecule has 15 heavy (non-hydrogen) atoms. The fourth-order valence-electron chi connectivity index (χ4n) is 1.11. The topological polar surface area (TPSA) is 18.5 Å². The molecule has 0 aliphatic carbocycles. The number of rotatable bonds is 6. The lowest BCUT2D eigenvalue weighted by molar-refractivity contribution is 0.297. The predicted molar refractivity (Wildman–Crippen MR) is 63.0 cm³/mol. The maximum atomic E-state index is 5.52. The number of para-hydroxylation sites is 2. The van der Waals surface area contributed by atoms with Gasteiger partial charge in [0.05, 0.1) is 6.61 Å². The molecule has 1 rings (SSSR count). The Hall–Kier alpha value is -1.15. The van der Waals surface area contributed by atoms with E-state index in [0.717, 1.165) is 11.5 Å². The van der Waals surface area contributed by atoms with Crippen LogP contribution in [0.15, 0.2) is 36.4 Å². The van der Waals surface area contributed by atoms with Gasteiger partial charge >= 0.3 is 0 Å². The number of allylic oxidation sites excluding steroid dienone is 1. The molecule has 0 fully saturated rings. The van der Waals surface area contributed by atoms with Crippen LogP contribution >= 0.6 is 11.6 Å². The Labute approximate surface area is 95.5 Å². The molecule has 0 N–H and O–H groups in total. The Bertz CT molecular complexity index is 310. The smallest absolute Gasteiger partial charge is 0.161 e. The molecule has 3 heteroatoms. The van der Waals surface area contributed by atoms with E-state index in [2.05, 4.69) is 0 Å². The second kappa shape index (κ2) is 7.18. The van der Waals surface area contributed by atoms with Gasteiger partial charge in [-0.25, -0.2) is 0 Å². The molecule has 0 unspecified atom stereocenters. The average molecular weight is 227 g/mol. The zero-order chi connectivity index (χ0) is 10.9. The second-order valence-corrected chi connectivity index (χ2v) is 3.13. The van der Waals surface area contributed by atoms with Gasteiger partial charge in [0.1, 0.15) is 6.61 Å². The molecule has 0 bridgehead atoms. The summed E-state index contributed by atoms with van der Waals surface area (Å²) in [5.74, 6) is 2.05. The monoisotopic (exact) mass is 226 g/mol.